The van der Waals surface area contributed by atoms with E-state index in [-0.39, 0.29) is 17.7 Å². The molecule has 0 atom stereocenters. The van der Waals surface area contributed by atoms with Gasteiger partial charge in [-0.05, 0) is 67.6 Å². The predicted molar refractivity (Wildman–Crippen MR) is 114 cm³/mol. The van der Waals surface area contributed by atoms with Gasteiger partial charge < -0.3 is 14.2 Å². The van der Waals surface area contributed by atoms with Crippen molar-refractivity contribution in [3.05, 3.63) is 52.2 Å². The number of hydrogen-bond donors (Lipinski definition) is 0. The van der Waals surface area contributed by atoms with Gasteiger partial charge in [-0.2, -0.15) is 0 Å². The summed E-state index contributed by atoms with van der Waals surface area (Å²) >= 11 is 0.980. The number of carbonyl (C=O) groups excluding carboxylic acids is 2. The number of aromatic nitrogens is 1. The number of thioether (sulfide) groups is 1. The Morgan fingerprint density at radius 3 is 2.43 bits per heavy atom. The van der Waals surface area contributed by atoms with Gasteiger partial charge in [0.1, 0.15) is 0 Å². The molecule has 2 heterocycles. The maximum Gasteiger partial charge on any atom is 0.293 e. The fourth-order valence-corrected chi connectivity index (χ4v) is 4.10. The van der Waals surface area contributed by atoms with E-state index < -0.39 is 0 Å². The molecule has 148 valence electrons. The molecule has 1 aromatic heterocycles. The molecule has 6 nitrogen and oxygen atoms in total. The van der Waals surface area contributed by atoms with Crippen molar-refractivity contribution in [2.45, 2.75) is 13.8 Å². The zero-order valence-electron chi connectivity index (χ0n) is 16.9. The number of nitrogens with zero attached hydrogens (tertiary/aromatic N) is 3. The maximum atomic E-state index is 12.5. The standard InChI is InChI=1S/C21H25N3O3S/c1-14-12-16(13-19-20(25)23(10-11-27-5)21(26)28-19)15(2)24(14)18-8-6-17(7-9-18)22(3)4/h6-9,12-13H,10-11H2,1-5H3/b19-13+. The van der Waals surface area contributed by atoms with Crippen LogP contribution < -0.4 is 4.90 Å². The van der Waals surface area contributed by atoms with Gasteiger partial charge in [-0.15, -0.1) is 0 Å². The molecule has 0 N–H and O–H groups in total. The van der Waals surface area contributed by atoms with Crippen molar-refractivity contribution >= 4 is 34.7 Å². The first-order valence-corrected chi connectivity index (χ1v) is 9.86. The van der Waals surface area contributed by atoms with Crippen molar-refractivity contribution in [2.24, 2.45) is 0 Å². The van der Waals surface area contributed by atoms with Gasteiger partial charge in [0.25, 0.3) is 11.1 Å². The summed E-state index contributed by atoms with van der Waals surface area (Å²) in [4.78, 5) is 28.4. The van der Waals surface area contributed by atoms with Crippen molar-refractivity contribution < 1.29 is 14.3 Å². The molecule has 0 bridgehead atoms. The normalized spacial score (nSPS) is 15.8. The average molecular weight is 400 g/mol. The molecule has 1 aliphatic heterocycles. The molecule has 0 saturated carbocycles. The number of aryl methyl sites for hydroxylation is 1. The number of ether oxygens (including phenoxy) is 1. The van der Waals surface area contributed by atoms with E-state index in [9.17, 15) is 9.59 Å². The van der Waals surface area contributed by atoms with Crippen molar-refractivity contribution in [2.75, 3.05) is 39.3 Å². The smallest absolute Gasteiger partial charge is 0.293 e. The van der Waals surface area contributed by atoms with Gasteiger partial charge in [-0.3, -0.25) is 14.5 Å². The first kappa shape index (κ1) is 20.2. The summed E-state index contributed by atoms with van der Waals surface area (Å²) in [5.74, 6) is -0.257. The topological polar surface area (TPSA) is 54.8 Å². The molecule has 7 heteroatoms. The van der Waals surface area contributed by atoms with Crippen LogP contribution in [-0.4, -0.2) is 55.0 Å². The van der Waals surface area contributed by atoms with Gasteiger partial charge in [-0.25, -0.2) is 0 Å². The average Bonchev–Trinajstić information content (AvgIpc) is 3.09. The van der Waals surface area contributed by atoms with E-state index in [1.165, 1.54) is 4.90 Å². The second-order valence-electron chi connectivity index (χ2n) is 6.90. The molecule has 0 aliphatic carbocycles. The Morgan fingerprint density at radius 1 is 1.14 bits per heavy atom. The third kappa shape index (κ3) is 3.86. The largest absolute Gasteiger partial charge is 0.383 e. The van der Waals surface area contributed by atoms with E-state index in [1.807, 2.05) is 40.1 Å². The van der Waals surface area contributed by atoms with Crippen LogP contribution in [0.1, 0.15) is 17.0 Å². The molecule has 1 fully saturated rings. The summed E-state index contributed by atoms with van der Waals surface area (Å²) in [6, 6.07) is 10.4. The lowest BCUT2D eigenvalue weighted by atomic mass is 10.2. The number of amides is 2. The van der Waals surface area contributed by atoms with Crippen molar-refractivity contribution in [1.82, 2.24) is 9.47 Å². The number of rotatable bonds is 6. The number of carbonyl (C=O) groups is 2. The van der Waals surface area contributed by atoms with Crippen molar-refractivity contribution in [3.63, 3.8) is 0 Å². The fourth-order valence-electron chi connectivity index (χ4n) is 3.25. The first-order valence-electron chi connectivity index (χ1n) is 9.04. The lowest BCUT2D eigenvalue weighted by Crippen LogP contribution is -2.31. The second kappa shape index (κ2) is 8.24. The van der Waals surface area contributed by atoms with Crippen LogP contribution in [-0.2, 0) is 9.53 Å². The van der Waals surface area contributed by atoms with E-state index in [0.717, 1.165) is 40.1 Å². The summed E-state index contributed by atoms with van der Waals surface area (Å²) < 4.78 is 7.14. The molecule has 28 heavy (non-hydrogen) atoms. The number of methoxy groups -OCH3 is 1. The van der Waals surface area contributed by atoms with E-state index in [0.29, 0.717) is 11.5 Å². The minimum Gasteiger partial charge on any atom is -0.383 e. The number of hydrogen-bond acceptors (Lipinski definition) is 5. The molecule has 0 radical (unpaired) electrons. The Labute approximate surface area is 169 Å². The van der Waals surface area contributed by atoms with Crippen LogP contribution in [0.5, 0.6) is 0 Å². The summed E-state index contributed by atoms with van der Waals surface area (Å²) in [6.45, 7) is 4.67. The van der Waals surface area contributed by atoms with Gasteiger partial charge in [0.05, 0.1) is 18.1 Å². The summed E-state index contributed by atoms with van der Waals surface area (Å²) in [5, 5.41) is -0.249. The van der Waals surface area contributed by atoms with Crippen LogP contribution >= 0.6 is 11.8 Å². The van der Waals surface area contributed by atoms with Crippen LogP contribution in [0, 0.1) is 13.8 Å². The minimum absolute atomic E-state index is 0.249. The lowest BCUT2D eigenvalue weighted by Gasteiger charge is -2.15. The Balaban J connectivity index is 1.91. The first-order chi connectivity index (χ1) is 13.3. The van der Waals surface area contributed by atoms with Crippen molar-refractivity contribution in [3.8, 4) is 5.69 Å². The highest BCUT2D eigenvalue weighted by molar-refractivity contribution is 8.18. The van der Waals surface area contributed by atoms with Crippen LogP contribution in [0.15, 0.2) is 35.2 Å². The molecule has 1 aromatic carbocycles. The Bertz CT molecular complexity index is 929. The molecular weight excluding hydrogens is 374 g/mol. The quantitative estimate of drug-likeness (QED) is 0.691. The zero-order valence-corrected chi connectivity index (χ0v) is 17.7. The molecule has 0 spiro atoms. The highest BCUT2D eigenvalue weighted by atomic mass is 32.2. The Kier molecular flexibility index (Phi) is 5.96. The zero-order chi connectivity index (χ0) is 20.4. The highest BCUT2D eigenvalue weighted by Gasteiger charge is 2.34. The van der Waals surface area contributed by atoms with Crippen LogP contribution in [0.4, 0.5) is 10.5 Å². The number of benzene rings is 1. The molecule has 1 saturated heterocycles. The predicted octanol–water partition coefficient (Wildman–Crippen LogP) is 3.84. The van der Waals surface area contributed by atoms with Gasteiger partial charge in [0.15, 0.2) is 0 Å². The van der Waals surface area contributed by atoms with E-state index in [2.05, 4.69) is 33.7 Å². The second-order valence-corrected chi connectivity index (χ2v) is 7.89. The fraction of sp³-hybridized carbons (Fsp3) is 0.333. The van der Waals surface area contributed by atoms with Crippen LogP contribution in [0.25, 0.3) is 11.8 Å². The van der Waals surface area contributed by atoms with Crippen LogP contribution in [0.3, 0.4) is 0 Å². The molecule has 2 aromatic rings. The third-order valence-electron chi connectivity index (χ3n) is 4.77. The number of anilines is 1. The van der Waals surface area contributed by atoms with Crippen molar-refractivity contribution in [1.29, 1.82) is 0 Å². The molecule has 0 unspecified atom stereocenters. The van der Waals surface area contributed by atoms with Gasteiger partial charge in [-0.1, -0.05) is 0 Å². The van der Waals surface area contributed by atoms with E-state index in [1.54, 1.807) is 7.11 Å². The molecule has 2 amide bonds. The number of imide groups is 1. The Hall–Kier alpha value is -2.51. The summed E-state index contributed by atoms with van der Waals surface area (Å²) in [7, 11) is 5.58. The monoisotopic (exact) mass is 399 g/mol. The van der Waals surface area contributed by atoms with Gasteiger partial charge in [0.2, 0.25) is 0 Å². The summed E-state index contributed by atoms with van der Waals surface area (Å²) in [5.41, 5.74) is 5.23. The van der Waals surface area contributed by atoms with Crippen LogP contribution in [0.2, 0.25) is 0 Å². The lowest BCUT2D eigenvalue weighted by molar-refractivity contribution is -0.123. The maximum absolute atomic E-state index is 12.5. The SMILES string of the molecule is COCCN1C(=O)S/C(=C/c2cc(C)n(-c3ccc(N(C)C)cc3)c2C)C1=O. The van der Waals surface area contributed by atoms with Gasteiger partial charge in [0, 0.05) is 44.0 Å². The minimum atomic E-state index is -0.257. The third-order valence-corrected chi connectivity index (χ3v) is 5.68. The highest BCUT2D eigenvalue weighted by Crippen LogP contribution is 2.33. The van der Waals surface area contributed by atoms with E-state index >= 15 is 0 Å². The molecule has 3 rings (SSSR count). The molecular formula is C21H25N3O3S. The molecule has 1 aliphatic rings. The Morgan fingerprint density at radius 2 is 1.82 bits per heavy atom. The van der Waals surface area contributed by atoms with E-state index in [4.69, 9.17) is 4.74 Å². The summed E-state index contributed by atoms with van der Waals surface area (Å²) in [6.07, 6.45) is 1.81. The van der Waals surface area contributed by atoms with Gasteiger partial charge >= 0.3 is 0 Å².